The smallest absolute Gasteiger partial charge is 0.141 e. The van der Waals surface area contributed by atoms with Crippen LogP contribution >= 0.6 is 0 Å². The Labute approximate surface area is 110 Å². The molecule has 18 heavy (non-hydrogen) atoms. The zero-order chi connectivity index (χ0) is 13.6. The van der Waals surface area contributed by atoms with Gasteiger partial charge in [-0.05, 0) is 26.3 Å². The molecule has 0 aliphatic rings. The normalized spacial score (nSPS) is 12.3. The van der Waals surface area contributed by atoms with Crippen LogP contribution in [0.1, 0.15) is 45.9 Å². The van der Waals surface area contributed by atoms with Gasteiger partial charge in [0.05, 0.1) is 6.54 Å². The van der Waals surface area contributed by atoms with Crippen molar-refractivity contribution in [2.24, 2.45) is 5.73 Å². The highest BCUT2D eigenvalue weighted by atomic mass is 15.4. The third-order valence-electron chi connectivity index (χ3n) is 4.02. The van der Waals surface area contributed by atoms with Crippen molar-refractivity contribution in [3.8, 4) is 0 Å². The zero-order valence-corrected chi connectivity index (χ0v) is 12.2. The summed E-state index contributed by atoms with van der Waals surface area (Å²) in [6.45, 7) is 8.96. The van der Waals surface area contributed by atoms with Gasteiger partial charge in [-0.2, -0.15) is 5.10 Å². The molecule has 0 saturated carbocycles. The molecule has 1 aromatic heterocycles. The molecule has 1 rings (SSSR count). The lowest BCUT2D eigenvalue weighted by atomic mass is 9.91. The van der Waals surface area contributed by atoms with Crippen LogP contribution in [0, 0.1) is 0 Å². The summed E-state index contributed by atoms with van der Waals surface area (Å²) < 4.78 is 1.99. The molecule has 1 aromatic rings. The number of nitrogens with two attached hydrogens (primary N) is 1. The largest absolute Gasteiger partial charge is 0.329 e. The first kappa shape index (κ1) is 15.1. The van der Waals surface area contributed by atoms with E-state index in [9.17, 15) is 0 Å². The van der Waals surface area contributed by atoms with Crippen LogP contribution in [0.25, 0.3) is 0 Å². The number of aryl methyl sites for hydroxylation is 1. The fourth-order valence-electron chi connectivity index (χ4n) is 2.42. The number of hydrogen-bond donors (Lipinski definition) is 1. The van der Waals surface area contributed by atoms with Crippen molar-refractivity contribution in [3.05, 3.63) is 12.2 Å². The average Bonchev–Trinajstić information content (AvgIpc) is 2.80. The summed E-state index contributed by atoms with van der Waals surface area (Å²) in [6, 6.07) is 0. The lowest BCUT2D eigenvalue weighted by Gasteiger charge is -2.39. The lowest BCUT2D eigenvalue weighted by Crippen LogP contribution is -2.51. The minimum absolute atomic E-state index is 0.0724. The van der Waals surface area contributed by atoms with E-state index in [2.05, 4.69) is 42.8 Å². The predicted octanol–water partition coefficient (Wildman–Crippen LogP) is 1.64. The van der Waals surface area contributed by atoms with E-state index in [0.717, 1.165) is 38.2 Å². The minimum Gasteiger partial charge on any atom is -0.329 e. The number of aromatic nitrogens is 3. The second-order valence-corrected chi connectivity index (χ2v) is 4.89. The fourth-order valence-corrected chi connectivity index (χ4v) is 2.42. The minimum atomic E-state index is 0.0724. The maximum Gasteiger partial charge on any atom is 0.141 e. The molecule has 0 saturated heterocycles. The van der Waals surface area contributed by atoms with Crippen LogP contribution in [-0.2, 0) is 13.1 Å². The van der Waals surface area contributed by atoms with Crippen LogP contribution in [-0.4, -0.2) is 38.8 Å². The van der Waals surface area contributed by atoms with Crippen molar-refractivity contribution < 1.29 is 0 Å². The third-order valence-corrected chi connectivity index (χ3v) is 4.02. The van der Waals surface area contributed by atoms with Crippen LogP contribution in [0.15, 0.2) is 6.33 Å². The summed E-state index contributed by atoms with van der Waals surface area (Å²) in [6.07, 6.45) is 4.82. The molecular weight excluding hydrogens is 226 g/mol. The molecule has 0 fully saturated rings. The van der Waals surface area contributed by atoms with Gasteiger partial charge in [0.25, 0.3) is 0 Å². The van der Waals surface area contributed by atoms with Crippen molar-refractivity contribution in [1.82, 2.24) is 19.7 Å². The summed E-state index contributed by atoms with van der Waals surface area (Å²) in [5.41, 5.74) is 6.04. The van der Waals surface area contributed by atoms with Gasteiger partial charge >= 0.3 is 0 Å². The Morgan fingerprint density at radius 2 is 2.00 bits per heavy atom. The van der Waals surface area contributed by atoms with E-state index in [4.69, 9.17) is 5.73 Å². The molecule has 0 unspecified atom stereocenters. The van der Waals surface area contributed by atoms with Gasteiger partial charge in [0.2, 0.25) is 0 Å². The van der Waals surface area contributed by atoms with Gasteiger partial charge in [0.1, 0.15) is 12.2 Å². The van der Waals surface area contributed by atoms with Crippen LogP contribution in [0.3, 0.4) is 0 Å². The molecule has 0 spiro atoms. The Morgan fingerprint density at radius 1 is 1.33 bits per heavy atom. The van der Waals surface area contributed by atoms with E-state index < -0.39 is 0 Å². The van der Waals surface area contributed by atoms with E-state index in [1.807, 2.05) is 4.68 Å². The number of likely N-dealkylation sites (N-methyl/N-ethyl adjacent to an activating group) is 1. The maximum atomic E-state index is 5.97. The summed E-state index contributed by atoms with van der Waals surface area (Å²) in [7, 11) is 2.13. The highest BCUT2D eigenvalue weighted by Crippen LogP contribution is 2.22. The SMILES string of the molecule is CCCn1ncnc1CN(C)C(CC)(CC)CN. The average molecular weight is 253 g/mol. The Bertz CT molecular complexity index is 335. The molecule has 5 nitrogen and oxygen atoms in total. The van der Waals surface area contributed by atoms with E-state index in [-0.39, 0.29) is 5.54 Å². The lowest BCUT2D eigenvalue weighted by molar-refractivity contribution is 0.103. The van der Waals surface area contributed by atoms with Crippen molar-refractivity contribution >= 4 is 0 Å². The Morgan fingerprint density at radius 3 is 2.50 bits per heavy atom. The van der Waals surface area contributed by atoms with Gasteiger partial charge in [-0.15, -0.1) is 0 Å². The first-order valence-corrected chi connectivity index (χ1v) is 6.91. The van der Waals surface area contributed by atoms with Gasteiger partial charge in [-0.3, -0.25) is 4.90 Å². The Balaban J connectivity index is 2.79. The second-order valence-electron chi connectivity index (χ2n) is 4.89. The van der Waals surface area contributed by atoms with Crippen molar-refractivity contribution in [2.45, 2.75) is 58.7 Å². The second kappa shape index (κ2) is 6.85. The van der Waals surface area contributed by atoms with Crippen LogP contribution in [0.4, 0.5) is 0 Å². The van der Waals surface area contributed by atoms with Crippen LogP contribution in [0.5, 0.6) is 0 Å². The van der Waals surface area contributed by atoms with Gasteiger partial charge in [-0.25, -0.2) is 9.67 Å². The van der Waals surface area contributed by atoms with Crippen LogP contribution < -0.4 is 5.73 Å². The topological polar surface area (TPSA) is 60.0 Å². The first-order chi connectivity index (χ1) is 8.63. The molecule has 0 aliphatic heterocycles. The molecule has 0 radical (unpaired) electrons. The van der Waals surface area contributed by atoms with Gasteiger partial charge in [0.15, 0.2) is 0 Å². The summed E-state index contributed by atoms with van der Waals surface area (Å²) in [5, 5.41) is 4.27. The van der Waals surface area contributed by atoms with Crippen molar-refractivity contribution in [3.63, 3.8) is 0 Å². The highest BCUT2D eigenvalue weighted by molar-refractivity contribution is 4.92. The molecule has 0 amide bonds. The highest BCUT2D eigenvalue weighted by Gasteiger charge is 2.30. The molecule has 0 aromatic carbocycles. The third kappa shape index (κ3) is 3.09. The first-order valence-electron chi connectivity index (χ1n) is 6.91. The fraction of sp³-hybridized carbons (Fsp3) is 0.846. The molecule has 0 atom stereocenters. The summed E-state index contributed by atoms with van der Waals surface area (Å²) >= 11 is 0. The van der Waals surface area contributed by atoms with Crippen molar-refractivity contribution in [1.29, 1.82) is 0 Å². The predicted molar refractivity (Wildman–Crippen MR) is 74.1 cm³/mol. The number of nitrogens with zero attached hydrogens (tertiary/aromatic N) is 4. The Kier molecular flexibility index (Phi) is 5.75. The van der Waals surface area contributed by atoms with E-state index in [0.29, 0.717) is 6.54 Å². The van der Waals surface area contributed by atoms with Gasteiger partial charge in [0, 0.05) is 18.6 Å². The quantitative estimate of drug-likeness (QED) is 0.765. The van der Waals surface area contributed by atoms with Gasteiger partial charge < -0.3 is 5.73 Å². The molecule has 2 N–H and O–H groups in total. The summed E-state index contributed by atoms with van der Waals surface area (Å²) in [4.78, 5) is 6.68. The number of rotatable bonds is 8. The van der Waals surface area contributed by atoms with Gasteiger partial charge in [-0.1, -0.05) is 20.8 Å². The maximum absolute atomic E-state index is 5.97. The monoisotopic (exact) mass is 253 g/mol. The molecule has 0 aliphatic carbocycles. The van der Waals surface area contributed by atoms with E-state index in [1.54, 1.807) is 6.33 Å². The molecule has 5 heteroatoms. The zero-order valence-electron chi connectivity index (χ0n) is 12.2. The Hall–Kier alpha value is -0.940. The van der Waals surface area contributed by atoms with E-state index >= 15 is 0 Å². The molecule has 1 heterocycles. The molecular formula is C13H27N5. The standard InChI is InChI=1S/C13H27N5/c1-5-8-18-12(15-11-16-18)9-17(4)13(6-2,7-3)10-14/h11H,5-10,14H2,1-4H3. The van der Waals surface area contributed by atoms with E-state index in [1.165, 1.54) is 0 Å². The summed E-state index contributed by atoms with van der Waals surface area (Å²) in [5.74, 6) is 1.03. The van der Waals surface area contributed by atoms with Crippen molar-refractivity contribution in [2.75, 3.05) is 13.6 Å². The van der Waals surface area contributed by atoms with Crippen LogP contribution in [0.2, 0.25) is 0 Å². The number of hydrogen-bond acceptors (Lipinski definition) is 4. The molecule has 0 bridgehead atoms. The molecule has 104 valence electrons.